The van der Waals surface area contributed by atoms with Crippen molar-refractivity contribution in [3.8, 4) is 0 Å². The third kappa shape index (κ3) is 3.98. The van der Waals surface area contributed by atoms with Gasteiger partial charge in [0.1, 0.15) is 16.1 Å². The van der Waals surface area contributed by atoms with Crippen LogP contribution < -0.4 is 0 Å². The monoisotopic (exact) mass is 217 g/mol. The first-order chi connectivity index (χ1) is 6.50. The van der Waals surface area contributed by atoms with Gasteiger partial charge in [0.05, 0.1) is 6.21 Å². The fraction of sp³-hybridized carbons (Fsp3) is 0.900. The molecule has 3 nitrogen and oxygen atoms in total. The molecule has 14 heavy (non-hydrogen) atoms. The van der Waals surface area contributed by atoms with Crippen LogP contribution in [-0.2, 0) is 16.1 Å². The molecule has 0 amide bonds. The average molecular weight is 217 g/mol. The van der Waals surface area contributed by atoms with Crippen LogP contribution in [0.1, 0.15) is 33.6 Å². The molecule has 1 rings (SSSR count). The van der Waals surface area contributed by atoms with Crippen molar-refractivity contribution < 1.29 is 9.29 Å². The van der Waals surface area contributed by atoms with Crippen LogP contribution in [0.4, 0.5) is 0 Å². The molecule has 1 saturated heterocycles. The summed E-state index contributed by atoms with van der Waals surface area (Å²) < 4.78 is 20.7. The minimum absolute atomic E-state index is 0.248. The van der Waals surface area contributed by atoms with Crippen molar-refractivity contribution >= 4 is 17.6 Å². The van der Waals surface area contributed by atoms with Crippen molar-refractivity contribution in [3.05, 3.63) is 0 Å². The second kappa shape index (κ2) is 5.14. The molecule has 0 N–H and O–H groups in total. The minimum Gasteiger partial charge on any atom is -0.591 e. The molecular weight excluding hydrogens is 198 g/mol. The summed E-state index contributed by atoms with van der Waals surface area (Å²) in [5, 5.41) is 0. The summed E-state index contributed by atoms with van der Waals surface area (Å²) >= 11 is -1.11. The van der Waals surface area contributed by atoms with E-state index in [4.69, 9.17) is 4.74 Å². The summed E-state index contributed by atoms with van der Waals surface area (Å²) in [6.07, 6.45) is 3.86. The van der Waals surface area contributed by atoms with Gasteiger partial charge in [-0.25, -0.2) is 0 Å². The lowest BCUT2D eigenvalue weighted by Crippen LogP contribution is -2.26. The first kappa shape index (κ1) is 12.0. The minimum atomic E-state index is -1.11. The summed E-state index contributed by atoms with van der Waals surface area (Å²) in [6.45, 7) is 7.41. The third-order valence-corrected chi connectivity index (χ3v) is 3.52. The van der Waals surface area contributed by atoms with E-state index < -0.39 is 11.4 Å². The zero-order valence-electron chi connectivity index (χ0n) is 9.16. The van der Waals surface area contributed by atoms with Crippen LogP contribution in [0.25, 0.3) is 0 Å². The predicted octanol–water partition coefficient (Wildman–Crippen LogP) is 1.95. The summed E-state index contributed by atoms with van der Waals surface area (Å²) in [4.78, 5) is 0. The smallest absolute Gasteiger partial charge is 0.144 e. The predicted molar refractivity (Wildman–Crippen MR) is 59.9 cm³/mol. The van der Waals surface area contributed by atoms with E-state index in [0.717, 1.165) is 26.1 Å². The van der Waals surface area contributed by atoms with E-state index >= 15 is 0 Å². The van der Waals surface area contributed by atoms with E-state index in [1.165, 1.54) is 0 Å². The summed E-state index contributed by atoms with van der Waals surface area (Å²) in [5.41, 5.74) is 0. The molecule has 0 aromatic carbocycles. The highest BCUT2D eigenvalue weighted by Crippen LogP contribution is 2.18. The van der Waals surface area contributed by atoms with Gasteiger partial charge < -0.3 is 9.29 Å². The van der Waals surface area contributed by atoms with Gasteiger partial charge in [-0.15, -0.1) is 0 Å². The molecule has 0 bridgehead atoms. The van der Waals surface area contributed by atoms with Gasteiger partial charge in [0.2, 0.25) is 0 Å². The van der Waals surface area contributed by atoms with Crippen LogP contribution >= 0.6 is 0 Å². The van der Waals surface area contributed by atoms with E-state index in [0.29, 0.717) is 5.92 Å². The van der Waals surface area contributed by atoms with Crippen LogP contribution in [0.5, 0.6) is 0 Å². The lowest BCUT2D eigenvalue weighted by Gasteiger charge is -2.20. The highest BCUT2D eigenvalue weighted by atomic mass is 32.2. The van der Waals surface area contributed by atoms with E-state index in [-0.39, 0.29) is 4.75 Å². The Labute approximate surface area is 89.3 Å². The van der Waals surface area contributed by atoms with Crippen LogP contribution in [-0.4, -0.2) is 28.7 Å². The summed E-state index contributed by atoms with van der Waals surface area (Å²) in [5.74, 6) is 0.454. The fourth-order valence-corrected chi connectivity index (χ4v) is 1.76. The number of hydrogen-bond acceptors (Lipinski definition) is 3. The first-order valence-corrected chi connectivity index (χ1v) is 6.15. The molecule has 0 aliphatic carbocycles. The number of hydrogen-bond donors (Lipinski definition) is 0. The molecule has 1 aliphatic rings. The molecule has 1 aliphatic heterocycles. The Morgan fingerprint density at radius 3 is 2.43 bits per heavy atom. The molecule has 0 saturated carbocycles. The number of rotatable bonds is 2. The lowest BCUT2D eigenvalue weighted by atomic mass is 10.0. The van der Waals surface area contributed by atoms with Crippen molar-refractivity contribution in [1.82, 2.24) is 0 Å². The number of nitrogens with zero attached hydrogens (tertiary/aromatic N) is 1. The fourth-order valence-electron chi connectivity index (χ4n) is 1.16. The van der Waals surface area contributed by atoms with Gasteiger partial charge in [-0.3, -0.25) is 0 Å². The molecule has 1 atom stereocenters. The quantitative estimate of drug-likeness (QED) is 0.524. The second-order valence-electron chi connectivity index (χ2n) is 4.57. The van der Waals surface area contributed by atoms with Crippen LogP contribution in [0.2, 0.25) is 0 Å². The van der Waals surface area contributed by atoms with E-state index in [1.54, 1.807) is 0 Å². The third-order valence-electron chi connectivity index (χ3n) is 2.16. The molecule has 0 unspecified atom stereocenters. The molecule has 4 heteroatoms. The van der Waals surface area contributed by atoms with Gasteiger partial charge in [0.15, 0.2) is 0 Å². The van der Waals surface area contributed by atoms with Crippen molar-refractivity contribution in [1.29, 1.82) is 0 Å². The molecule has 0 aromatic heterocycles. The molecule has 0 spiro atoms. The molecule has 82 valence electrons. The zero-order chi connectivity index (χ0) is 10.6. The van der Waals surface area contributed by atoms with Crippen molar-refractivity contribution in [2.75, 3.05) is 13.2 Å². The van der Waals surface area contributed by atoms with E-state index in [2.05, 4.69) is 4.40 Å². The highest BCUT2D eigenvalue weighted by molar-refractivity contribution is 7.91. The maximum absolute atomic E-state index is 11.6. The summed E-state index contributed by atoms with van der Waals surface area (Å²) in [7, 11) is 0. The Morgan fingerprint density at radius 2 is 1.93 bits per heavy atom. The standard InChI is InChI=1S/C10H19NO2S/c1-10(2,3)14(12)11-8-9-4-6-13-7-5-9/h8-9H,4-7H2,1-3H3/b11-8+/t14-/m1/s1. The van der Waals surface area contributed by atoms with Gasteiger partial charge in [-0.1, -0.05) is 4.40 Å². The van der Waals surface area contributed by atoms with Crippen molar-refractivity contribution in [3.63, 3.8) is 0 Å². The summed E-state index contributed by atoms with van der Waals surface area (Å²) in [6, 6.07) is 0. The Bertz CT molecular complexity index is 195. The van der Waals surface area contributed by atoms with Crippen LogP contribution in [0.15, 0.2) is 4.40 Å². The van der Waals surface area contributed by atoms with Crippen LogP contribution in [0.3, 0.4) is 0 Å². The molecule has 1 fully saturated rings. The van der Waals surface area contributed by atoms with Crippen molar-refractivity contribution in [2.24, 2.45) is 10.3 Å². The Morgan fingerprint density at radius 1 is 1.36 bits per heavy atom. The van der Waals surface area contributed by atoms with Gasteiger partial charge in [-0.2, -0.15) is 0 Å². The van der Waals surface area contributed by atoms with Gasteiger partial charge in [0.25, 0.3) is 0 Å². The normalized spacial score (nSPS) is 22.9. The molecule has 0 aromatic rings. The Hall–Kier alpha value is -0.0600. The maximum Gasteiger partial charge on any atom is 0.144 e. The topological polar surface area (TPSA) is 44.7 Å². The zero-order valence-corrected chi connectivity index (χ0v) is 9.97. The first-order valence-electron chi connectivity index (χ1n) is 5.04. The largest absolute Gasteiger partial charge is 0.591 e. The highest BCUT2D eigenvalue weighted by Gasteiger charge is 2.26. The van der Waals surface area contributed by atoms with E-state index in [9.17, 15) is 4.55 Å². The van der Waals surface area contributed by atoms with Crippen LogP contribution in [0, 0.1) is 5.92 Å². The van der Waals surface area contributed by atoms with E-state index in [1.807, 2.05) is 27.0 Å². The van der Waals surface area contributed by atoms with Gasteiger partial charge in [0, 0.05) is 19.1 Å². The van der Waals surface area contributed by atoms with Gasteiger partial charge >= 0.3 is 0 Å². The van der Waals surface area contributed by atoms with Crippen molar-refractivity contribution in [2.45, 2.75) is 38.4 Å². The Kier molecular flexibility index (Phi) is 4.41. The lowest BCUT2D eigenvalue weighted by molar-refractivity contribution is 0.0838. The second-order valence-corrected chi connectivity index (χ2v) is 6.50. The maximum atomic E-state index is 11.6. The molecule has 1 heterocycles. The van der Waals surface area contributed by atoms with Gasteiger partial charge in [-0.05, 0) is 33.6 Å². The molecule has 0 radical (unpaired) electrons. The number of ether oxygens (including phenoxy) is 1. The SMILES string of the molecule is CC(C)(C)[S@@+]([O-])/N=C/C1CCOCC1. The average Bonchev–Trinajstić information content (AvgIpc) is 2.14. The molecular formula is C10H19NO2S. The Balaban J connectivity index is 2.38.